The summed E-state index contributed by atoms with van der Waals surface area (Å²) in [4.78, 5) is 22.3. The Morgan fingerprint density at radius 1 is 1.03 bits per heavy atom. The molecular weight excluding hydrogens is 446 g/mol. The number of alkyl carbamates (subject to hydrolysis) is 1. The molecule has 7 nitrogen and oxygen atoms in total. The molecule has 7 heteroatoms. The number of carbonyl (C=O) groups excluding carboxylic acids is 1. The molecule has 0 heterocycles. The number of fused-ring (bicyclic) bond motifs is 5. The van der Waals surface area contributed by atoms with Crippen molar-refractivity contribution in [1.29, 1.82) is 0 Å². The highest BCUT2D eigenvalue weighted by Crippen LogP contribution is 2.69. The van der Waals surface area contributed by atoms with Crippen molar-refractivity contribution in [1.82, 2.24) is 5.32 Å². The molecule has 200 valence electrons. The lowest BCUT2D eigenvalue weighted by atomic mass is 9.41. The number of amides is 1. The summed E-state index contributed by atoms with van der Waals surface area (Å²) in [6, 6.07) is 0. The molecule has 4 aliphatic rings. The van der Waals surface area contributed by atoms with Crippen LogP contribution in [0.1, 0.15) is 85.5 Å². The fourth-order valence-corrected chi connectivity index (χ4v) is 9.67. The molecule has 0 spiro atoms. The quantitative estimate of drug-likeness (QED) is 0.416. The highest BCUT2D eigenvalue weighted by atomic mass is 16.5. The van der Waals surface area contributed by atoms with E-state index in [9.17, 15) is 19.8 Å². The van der Waals surface area contributed by atoms with Gasteiger partial charge < -0.3 is 25.4 Å². The second kappa shape index (κ2) is 10.2. The summed E-state index contributed by atoms with van der Waals surface area (Å²) >= 11 is 0. The third-order valence-corrected chi connectivity index (χ3v) is 11.3. The van der Waals surface area contributed by atoms with E-state index in [1.807, 2.05) is 0 Å². The molecule has 1 amide bonds. The summed E-state index contributed by atoms with van der Waals surface area (Å²) in [5, 5.41) is 33.2. The van der Waals surface area contributed by atoms with Crippen molar-refractivity contribution in [3.63, 3.8) is 0 Å². The highest BCUT2D eigenvalue weighted by molar-refractivity contribution is 5.76. The number of hydrogen-bond acceptors (Lipinski definition) is 5. The lowest BCUT2D eigenvalue weighted by molar-refractivity contribution is -0.203. The molecule has 0 aromatic heterocycles. The topological polar surface area (TPSA) is 116 Å². The van der Waals surface area contributed by atoms with Crippen LogP contribution in [0.2, 0.25) is 0 Å². The number of nitrogens with one attached hydrogen (secondary N) is 1. The minimum absolute atomic E-state index is 0.183. The second-order valence-corrected chi connectivity index (χ2v) is 12.8. The van der Waals surface area contributed by atoms with Crippen molar-refractivity contribution in [2.24, 2.45) is 52.3 Å². The van der Waals surface area contributed by atoms with E-state index >= 15 is 0 Å². The van der Waals surface area contributed by atoms with Gasteiger partial charge in [0.25, 0.3) is 0 Å². The smallest absolute Gasteiger partial charge is 0.407 e. The van der Waals surface area contributed by atoms with Crippen molar-refractivity contribution in [3.05, 3.63) is 0 Å². The third kappa shape index (κ3) is 4.72. The zero-order valence-electron chi connectivity index (χ0n) is 22.0. The van der Waals surface area contributed by atoms with Crippen LogP contribution in [-0.2, 0) is 9.53 Å². The van der Waals surface area contributed by atoms with E-state index in [1.165, 1.54) is 6.42 Å². The van der Waals surface area contributed by atoms with Gasteiger partial charge in [-0.05, 0) is 104 Å². The monoisotopic (exact) mass is 493 g/mol. The summed E-state index contributed by atoms with van der Waals surface area (Å²) < 4.78 is 5.23. The van der Waals surface area contributed by atoms with Crippen LogP contribution >= 0.6 is 0 Å². The molecule has 35 heavy (non-hydrogen) atoms. The van der Waals surface area contributed by atoms with Gasteiger partial charge in [-0.1, -0.05) is 34.1 Å². The van der Waals surface area contributed by atoms with E-state index in [0.717, 1.165) is 51.4 Å². The maximum absolute atomic E-state index is 11.8. The van der Waals surface area contributed by atoms with Crippen LogP contribution in [0, 0.1) is 52.3 Å². The van der Waals surface area contributed by atoms with Crippen molar-refractivity contribution in [2.75, 3.05) is 13.2 Å². The average molecular weight is 494 g/mol. The van der Waals surface area contributed by atoms with Crippen molar-refractivity contribution in [2.45, 2.75) is 97.7 Å². The first-order valence-electron chi connectivity index (χ1n) is 14.0. The second-order valence-electron chi connectivity index (χ2n) is 12.8. The first-order valence-corrected chi connectivity index (χ1v) is 14.0. The van der Waals surface area contributed by atoms with Gasteiger partial charge in [0.1, 0.15) is 6.54 Å². The van der Waals surface area contributed by atoms with E-state index in [1.54, 1.807) is 0 Å². The molecule has 0 bridgehead atoms. The average Bonchev–Trinajstić information content (AvgIpc) is 3.16. The number of aliphatic carboxylic acids is 1. The zero-order valence-corrected chi connectivity index (χ0v) is 22.0. The molecule has 4 N–H and O–H groups in total. The molecule has 2 unspecified atom stereocenters. The van der Waals surface area contributed by atoms with Gasteiger partial charge in [0, 0.05) is 0 Å². The lowest BCUT2D eigenvalue weighted by Crippen LogP contribution is -2.62. The zero-order chi connectivity index (χ0) is 25.5. The SMILES string of the molecule is CC[C@H]1[C@@H](O)C2[C@@H]3CC[C@H]([C@H](C)CCOC(=O)NCC(=O)O)C3(C)CC[C@@H]2[C@@]2(C)CC[C@@H](O)C[C@@H]12. The number of aliphatic hydroxyl groups is 2. The van der Waals surface area contributed by atoms with E-state index < -0.39 is 18.6 Å². The standard InChI is InChI=1S/C28H47NO6/c1-5-18-22-14-17(30)8-11-28(22,4)21-9-12-27(3)19(6-7-20(27)24(21)25(18)33)16(2)10-13-35-26(34)29-15-23(31)32/h16-22,24-25,30,33H,5-15H2,1-4H3,(H,29,34)(H,31,32)/t16-,17-,18-,19-,20+,21+,22+,24?,25-,27?,28-/m1/s1. The van der Waals surface area contributed by atoms with Crippen LogP contribution in [0.3, 0.4) is 0 Å². The van der Waals surface area contributed by atoms with E-state index in [2.05, 4.69) is 33.0 Å². The molecule has 0 aromatic rings. The Kier molecular flexibility index (Phi) is 7.78. The number of aliphatic hydroxyl groups excluding tert-OH is 2. The molecular formula is C28H47NO6. The molecule has 11 atom stereocenters. The Morgan fingerprint density at radius 3 is 2.40 bits per heavy atom. The van der Waals surface area contributed by atoms with Gasteiger partial charge in [-0.2, -0.15) is 0 Å². The number of ether oxygens (including phenoxy) is 1. The highest BCUT2D eigenvalue weighted by Gasteiger charge is 2.64. The first-order chi connectivity index (χ1) is 16.5. The Morgan fingerprint density at radius 2 is 1.71 bits per heavy atom. The normalized spacial score (nSPS) is 45.5. The number of carbonyl (C=O) groups is 2. The van der Waals surface area contributed by atoms with Crippen molar-refractivity contribution >= 4 is 12.1 Å². The van der Waals surface area contributed by atoms with Crippen molar-refractivity contribution < 1.29 is 29.6 Å². The minimum atomic E-state index is -1.09. The molecule has 4 fully saturated rings. The summed E-state index contributed by atoms with van der Waals surface area (Å²) in [5.41, 5.74) is 0.398. The Hall–Kier alpha value is -1.34. The number of hydrogen-bond donors (Lipinski definition) is 4. The van der Waals surface area contributed by atoms with Gasteiger partial charge >= 0.3 is 12.1 Å². The number of carboxylic acids is 1. The molecule has 0 aromatic carbocycles. The maximum atomic E-state index is 11.8. The number of carboxylic acid groups (broad SMARTS) is 1. The fourth-order valence-electron chi connectivity index (χ4n) is 9.67. The van der Waals surface area contributed by atoms with Gasteiger partial charge in [0.05, 0.1) is 18.8 Å². The van der Waals surface area contributed by atoms with Crippen LogP contribution in [0.15, 0.2) is 0 Å². The Bertz CT molecular complexity index is 789. The predicted molar refractivity (Wildman–Crippen MR) is 133 cm³/mol. The van der Waals surface area contributed by atoms with E-state index in [4.69, 9.17) is 9.84 Å². The van der Waals surface area contributed by atoms with Crippen molar-refractivity contribution in [3.8, 4) is 0 Å². The van der Waals surface area contributed by atoms with Crippen LogP contribution in [0.5, 0.6) is 0 Å². The summed E-state index contributed by atoms with van der Waals surface area (Å²) in [5.74, 6) is 1.91. The maximum Gasteiger partial charge on any atom is 0.407 e. The van der Waals surface area contributed by atoms with Crippen LogP contribution in [0.25, 0.3) is 0 Å². The molecule has 0 aliphatic heterocycles. The molecule has 0 saturated heterocycles. The van der Waals surface area contributed by atoms with Gasteiger partial charge in [0.15, 0.2) is 0 Å². The fraction of sp³-hybridized carbons (Fsp3) is 0.929. The van der Waals surface area contributed by atoms with Crippen LogP contribution in [-0.4, -0.2) is 52.7 Å². The molecule has 0 radical (unpaired) electrons. The third-order valence-electron chi connectivity index (χ3n) is 11.3. The number of rotatable bonds is 7. The van der Waals surface area contributed by atoms with Crippen LogP contribution < -0.4 is 5.32 Å². The summed E-state index contributed by atoms with van der Waals surface area (Å²) in [6.07, 6.45) is 8.03. The van der Waals surface area contributed by atoms with E-state index in [-0.39, 0.29) is 29.0 Å². The Labute approximate surface area is 210 Å². The van der Waals surface area contributed by atoms with Gasteiger partial charge in [0.2, 0.25) is 0 Å². The predicted octanol–water partition coefficient (Wildman–Crippen LogP) is 4.45. The summed E-state index contributed by atoms with van der Waals surface area (Å²) in [6.45, 7) is 9.26. The summed E-state index contributed by atoms with van der Waals surface area (Å²) in [7, 11) is 0. The molecule has 4 rings (SSSR count). The lowest BCUT2D eigenvalue weighted by Gasteiger charge is -2.64. The van der Waals surface area contributed by atoms with E-state index in [0.29, 0.717) is 42.1 Å². The first kappa shape index (κ1) is 26.7. The minimum Gasteiger partial charge on any atom is -0.480 e. The van der Waals surface area contributed by atoms with Gasteiger partial charge in [-0.25, -0.2) is 4.79 Å². The largest absolute Gasteiger partial charge is 0.480 e. The Balaban J connectivity index is 1.45. The molecule has 4 saturated carbocycles. The molecule has 4 aliphatic carbocycles. The van der Waals surface area contributed by atoms with Crippen LogP contribution in [0.4, 0.5) is 4.79 Å². The van der Waals surface area contributed by atoms with Gasteiger partial charge in [-0.3, -0.25) is 4.79 Å². The van der Waals surface area contributed by atoms with Gasteiger partial charge in [-0.15, -0.1) is 0 Å².